The highest BCUT2D eigenvalue weighted by Gasteiger charge is 2.18. The van der Waals surface area contributed by atoms with Crippen LogP contribution in [0.1, 0.15) is 29.8 Å². The maximum absolute atomic E-state index is 5.81. The zero-order chi connectivity index (χ0) is 14.1. The van der Waals surface area contributed by atoms with Crippen molar-refractivity contribution in [2.75, 3.05) is 13.7 Å². The second-order valence-corrected chi connectivity index (χ2v) is 6.14. The second kappa shape index (κ2) is 5.62. The Morgan fingerprint density at radius 3 is 3.10 bits per heavy atom. The van der Waals surface area contributed by atoms with E-state index >= 15 is 0 Å². The van der Waals surface area contributed by atoms with Gasteiger partial charge in [0.1, 0.15) is 5.75 Å². The summed E-state index contributed by atoms with van der Waals surface area (Å²) in [6, 6.07) is 8.94. The van der Waals surface area contributed by atoms with Gasteiger partial charge in [-0.25, -0.2) is 0 Å². The molecule has 0 spiro atoms. The molecule has 2 aromatic rings. The van der Waals surface area contributed by atoms with Crippen LogP contribution >= 0.6 is 15.9 Å². The average Bonchev–Trinajstić information content (AvgIpc) is 3.06. The van der Waals surface area contributed by atoms with Crippen LogP contribution in [-0.2, 0) is 13.0 Å². The number of fused-ring (bicyclic) bond motifs is 1. The maximum atomic E-state index is 5.81. The average molecular weight is 335 g/mol. The fraction of sp³-hybridized carbons (Fsp3) is 0.375. The predicted molar refractivity (Wildman–Crippen MR) is 84.3 cm³/mol. The Balaban J connectivity index is 1.95. The number of ether oxygens (including phenoxy) is 1. The van der Waals surface area contributed by atoms with Gasteiger partial charge in [-0.15, -0.1) is 0 Å². The summed E-state index contributed by atoms with van der Waals surface area (Å²) in [5.41, 5.74) is 3.84. The highest BCUT2D eigenvalue weighted by Crippen LogP contribution is 2.33. The van der Waals surface area contributed by atoms with Crippen molar-refractivity contribution < 1.29 is 4.74 Å². The summed E-state index contributed by atoms with van der Waals surface area (Å²) in [6.07, 6.45) is 3.14. The molecule has 0 radical (unpaired) electrons. The summed E-state index contributed by atoms with van der Waals surface area (Å²) >= 11 is 3.60. The van der Waals surface area contributed by atoms with Crippen molar-refractivity contribution in [1.82, 2.24) is 9.88 Å². The number of halogens is 1. The molecule has 1 unspecified atom stereocenters. The molecule has 1 aliphatic heterocycles. The lowest BCUT2D eigenvalue weighted by Crippen LogP contribution is -2.17. The van der Waals surface area contributed by atoms with Crippen LogP contribution in [0, 0.1) is 0 Å². The van der Waals surface area contributed by atoms with E-state index in [0.717, 1.165) is 29.8 Å². The summed E-state index contributed by atoms with van der Waals surface area (Å²) in [5, 5.41) is 3.30. The molecule has 106 valence electrons. The van der Waals surface area contributed by atoms with E-state index in [-0.39, 0.29) is 0 Å². The lowest BCUT2D eigenvalue weighted by molar-refractivity contribution is 0.352. The zero-order valence-corrected chi connectivity index (χ0v) is 13.4. The quantitative estimate of drug-likeness (QED) is 0.925. The van der Waals surface area contributed by atoms with Crippen LogP contribution in [0.2, 0.25) is 0 Å². The molecular weight excluding hydrogens is 316 g/mol. The van der Waals surface area contributed by atoms with Gasteiger partial charge in [-0.2, -0.15) is 0 Å². The second-order valence-electron chi connectivity index (χ2n) is 5.22. The molecule has 3 rings (SSSR count). The Morgan fingerprint density at radius 1 is 1.45 bits per heavy atom. The molecule has 1 aliphatic rings. The minimum atomic E-state index is 0.339. The first-order valence-electron chi connectivity index (χ1n) is 6.95. The number of rotatable bonds is 4. The van der Waals surface area contributed by atoms with Crippen LogP contribution < -0.4 is 10.1 Å². The molecule has 1 aromatic heterocycles. The molecule has 4 heteroatoms. The van der Waals surface area contributed by atoms with Crippen LogP contribution in [0.25, 0.3) is 0 Å². The number of hydrogen-bond donors (Lipinski definition) is 1. The molecule has 2 heterocycles. The van der Waals surface area contributed by atoms with Gasteiger partial charge >= 0.3 is 0 Å². The highest BCUT2D eigenvalue weighted by atomic mass is 79.9. The first-order chi connectivity index (χ1) is 9.69. The fourth-order valence-corrected chi connectivity index (χ4v) is 3.31. The summed E-state index contributed by atoms with van der Waals surface area (Å²) in [6.45, 7) is 3.81. The molecule has 0 saturated heterocycles. The Morgan fingerprint density at radius 2 is 2.30 bits per heavy atom. The van der Waals surface area contributed by atoms with Gasteiger partial charge < -0.3 is 14.6 Å². The van der Waals surface area contributed by atoms with E-state index in [4.69, 9.17) is 4.74 Å². The molecule has 1 N–H and O–H groups in total. The number of aromatic nitrogens is 1. The molecule has 0 saturated carbocycles. The third-order valence-electron chi connectivity index (χ3n) is 3.91. The summed E-state index contributed by atoms with van der Waals surface area (Å²) in [5.74, 6) is 1.07. The SMILES string of the molecule is CNC(C)c1cccn1Cc1cc(Br)cc2c1OCC2. The van der Waals surface area contributed by atoms with Gasteiger partial charge in [0.05, 0.1) is 13.2 Å². The largest absolute Gasteiger partial charge is 0.493 e. The standard InChI is InChI=1S/C16H19BrN2O/c1-11(18-2)15-4-3-6-19(15)10-13-9-14(17)8-12-5-7-20-16(12)13/h3-4,6,8-9,11,18H,5,7,10H2,1-2H3. The number of hydrogen-bond acceptors (Lipinski definition) is 2. The molecule has 1 atom stereocenters. The summed E-state index contributed by atoms with van der Waals surface area (Å²) in [7, 11) is 1.99. The molecular formula is C16H19BrN2O. The van der Waals surface area contributed by atoms with Crippen molar-refractivity contribution in [2.24, 2.45) is 0 Å². The van der Waals surface area contributed by atoms with E-state index in [1.807, 2.05) is 7.05 Å². The van der Waals surface area contributed by atoms with Gasteiger partial charge in [0.15, 0.2) is 0 Å². The monoisotopic (exact) mass is 334 g/mol. The van der Waals surface area contributed by atoms with Gasteiger partial charge in [-0.1, -0.05) is 15.9 Å². The normalized spacial score (nSPS) is 14.9. The van der Waals surface area contributed by atoms with Crippen molar-refractivity contribution >= 4 is 15.9 Å². The van der Waals surface area contributed by atoms with Gasteiger partial charge in [-0.05, 0) is 43.8 Å². The molecule has 1 aromatic carbocycles. The third kappa shape index (κ3) is 2.50. The van der Waals surface area contributed by atoms with Crippen molar-refractivity contribution in [3.63, 3.8) is 0 Å². The minimum absolute atomic E-state index is 0.339. The Labute approximate surface area is 128 Å². The molecule has 0 amide bonds. The molecule has 0 fully saturated rings. The van der Waals surface area contributed by atoms with Crippen LogP contribution in [0.3, 0.4) is 0 Å². The van der Waals surface area contributed by atoms with Crippen LogP contribution in [-0.4, -0.2) is 18.2 Å². The zero-order valence-electron chi connectivity index (χ0n) is 11.8. The van der Waals surface area contributed by atoms with Gasteiger partial charge in [0.2, 0.25) is 0 Å². The number of nitrogens with one attached hydrogen (secondary N) is 1. The van der Waals surface area contributed by atoms with Crippen LogP contribution in [0.5, 0.6) is 5.75 Å². The first-order valence-corrected chi connectivity index (χ1v) is 7.74. The van der Waals surface area contributed by atoms with E-state index in [0.29, 0.717) is 6.04 Å². The lowest BCUT2D eigenvalue weighted by atomic mass is 10.1. The minimum Gasteiger partial charge on any atom is -0.493 e. The smallest absolute Gasteiger partial charge is 0.127 e. The van der Waals surface area contributed by atoms with Gasteiger partial charge in [-0.3, -0.25) is 0 Å². The van der Waals surface area contributed by atoms with E-state index in [9.17, 15) is 0 Å². The van der Waals surface area contributed by atoms with Crippen LogP contribution in [0.4, 0.5) is 0 Å². The van der Waals surface area contributed by atoms with Crippen molar-refractivity contribution in [3.8, 4) is 5.75 Å². The van der Waals surface area contributed by atoms with Gasteiger partial charge in [0.25, 0.3) is 0 Å². The van der Waals surface area contributed by atoms with Crippen molar-refractivity contribution in [3.05, 3.63) is 51.8 Å². The highest BCUT2D eigenvalue weighted by molar-refractivity contribution is 9.10. The van der Waals surface area contributed by atoms with E-state index in [2.05, 4.69) is 63.2 Å². The van der Waals surface area contributed by atoms with E-state index in [1.165, 1.54) is 16.8 Å². The topological polar surface area (TPSA) is 26.2 Å². The van der Waals surface area contributed by atoms with E-state index < -0.39 is 0 Å². The van der Waals surface area contributed by atoms with Crippen molar-refractivity contribution in [1.29, 1.82) is 0 Å². The fourth-order valence-electron chi connectivity index (χ4n) is 2.76. The molecule has 0 bridgehead atoms. The molecule has 0 aliphatic carbocycles. The van der Waals surface area contributed by atoms with E-state index in [1.54, 1.807) is 0 Å². The predicted octanol–water partition coefficient (Wildman–Crippen LogP) is 3.51. The maximum Gasteiger partial charge on any atom is 0.127 e. The summed E-state index contributed by atoms with van der Waals surface area (Å²) in [4.78, 5) is 0. The number of nitrogens with zero attached hydrogens (tertiary/aromatic N) is 1. The first kappa shape index (κ1) is 13.7. The number of benzene rings is 1. The van der Waals surface area contributed by atoms with Gasteiger partial charge in [0, 0.05) is 34.4 Å². The van der Waals surface area contributed by atoms with Crippen molar-refractivity contribution in [2.45, 2.75) is 25.9 Å². The lowest BCUT2D eigenvalue weighted by Gasteiger charge is -2.16. The third-order valence-corrected chi connectivity index (χ3v) is 4.37. The Kier molecular flexibility index (Phi) is 3.85. The Bertz CT molecular complexity index is 621. The Hall–Kier alpha value is -1.26. The molecule has 3 nitrogen and oxygen atoms in total. The van der Waals surface area contributed by atoms with Crippen LogP contribution in [0.15, 0.2) is 34.9 Å². The summed E-state index contributed by atoms with van der Waals surface area (Å²) < 4.78 is 9.22. The molecule has 20 heavy (non-hydrogen) atoms.